The van der Waals surface area contributed by atoms with Crippen molar-refractivity contribution in [2.75, 3.05) is 13.2 Å². The molecule has 2 N–H and O–H groups in total. The molecule has 1 rings (SSSR count). The molecule has 1 saturated heterocycles. The molecule has 1 heterocycles. The van der Waals surface area contributed by atoms with E-state index in [1.165, 1.54) is 0 Å². The summed E-state index contributed by atoms with van der Waals surface area (Å²) in [6.45, 7) is 4.35. The summed E-state index contributed by atoms with van der Waals surface area (Å²) in [4.78, 5) is 0. The molecule has 1 fully saturated rings. The SMILES string of the molecule is CCCOC1OC(CO)C(C)C1O. The summed E-state index contributed by atoms with van der Waals surface area (Å²) >= 11 is 0. The lowest BCUT2D eigenvalue weighted by Gasteiger charge is -2.14. The summed E-state index contributed by atoms with van der Waals surface area (Å²) in [5, 5.41) is 18.5. The molecule has 0 aromatic carbocycles. The lowest BCUT2D eigenvalue weighted by atomic mass is 10.0. The highest BCUT2D eigenvalue weighted by molar-refractivity contribution is 4.83. The van der Waals surface area contributed by atoms with Crippen LogP contribution in [0.4, 0.5) is 0 Å². The highest BCUT2D eigenvalue weighted by Crippen LogP contribution is 2.27. The van der Waals surface area contributed by atoms with Gasteiger partial charge >= 0.3 is 0 Å². The molecule has 0 aromatic rings. The van der Waals surface area contributed by atoms with Gasteiger partial charge in [-0.15, -0.1) is 0 Å². The Morgan fingerprint density at radius 1 is 1.46 bits per heavy atom. The summed E-state index contributed by atoms with van der Waals surface area (Å²) in [6.07, 6.45) is -0.585. The highest BCUT2D eigenvalue weighted by Gasteiger charge is 2.40. The number of hydrogen-bond acceptors (Lipinski definition) is 4. The van der Waals surface area contributed by atoms with Crippen LogP contribution in [0, 0.1) is 5.92 Å². The van der Waals surface area contributed by atoms with Crippen molar-refractivity contribution < 1.29 is 19.7 Å². The van der Waals surface area contributed by atoms with E-state index in [0.717, 1.165) is 6.42 Å². The summed E-state index contributed by atoms with van der Waals surface area (Å²) in [5.74, 6) is -0.0631. The molecule has 0 radical (unpaired) electrons. The number of ether oxygens (including phenoxy) is 2. The minimum atomic E-state index is -0.622. The van der Waals surface area contributed by atoms with E-state index in [9.17, 15) is 5.11 Å². The van der Waals surface area contributed by atoms with Crippen molar-refractivity contribution in [2.45, 2.75) is 38.8 Å². The van der Waals surface area contributed by atoms with Crippen LogP contribution >= 0.6 is 0 Å². The Kier molecular flexibility index (Phi) is 4.12. The first-order chi connectivity index (χ1) is 6.20. The first-order valence-electron chi connectivity index (χ1n) is 4.76. The van der Waals surface area contributed by atoms with Crippen molar-refractivity contribution in [3.05, 3.63) is 0 Å². The van der Waals surface area contributed by atoms with Gasteiger partial charge in [0.1, 0.15) is 6.10 Å². The Labute approximate surface area is 78.5 Å². The van der Waals surface area contributed by atoms with Gasteiger partial charge in [0.05, 0.1) is 12.7 Å². The van der Waals surface area contributed by atoms with E-state index in [0.29, 0.717) is 6.61 Å². The van der Waals surface area contributed by atoms with E-state index in [1.807, 2.05) is 13.8 Å². The lowest BCUT2D eigenvalue weighted by molar-refractivity contribution is -0.169. The maximum atomic E-state index is 9.62. The molecular weight excluding hydrogens is 172 g/mol. The predicted octanol–water partition coefficient (Wildman–Crippen LogP) is 0.127. The van der Waals surface area contributed by atoms with Gasteiger partial charge in [-0.1, -0.05) is 13.8 Å². The van der Waals surface area contributed by atoms with Crippen molar-refractivity contribution >= 4 is 0 Å². The summed E-state index contributed by atoms with van der Waals surface area (Å²) < 4.78 is 10.6. The van der Waals surface area contributed by atoms with E-state index in [1.54, 1.807) is 0 Å². The van der Waals surface area contributed by atoms with Gasteiger partial charge in [-0.2, -0.15) is 0 Å². The van der Waals surface area contributed by atoms with Crippen molar-refractivity contribution in [1.82, 2.24) is 0 Å². The standard InChI is InChI=1S/C9H18O4/c1-3-4-12-9-8(11)6(2)7(5-10)13-9/h6-11H,3-5H2,1-2H3. The Morgan fingerprint density at radius 2 is 2.15 bits per heavy atom. The molecule has 4 nitrogen and oxygen atoms in total. The fourth-order valence-electron chi connectivity index (χ4n) is 1.43. The quantitative estimate of drug-likeness (QED) is 0.661. The van der Waals surface area contributed by atoms with Gasteiger partial charge in [0.25, 0.3) is 0 Å². The minimum Gasteiger partial charge on any atom is -0.394 e. The molecule has 0 saturated carbocycles. The lowest BCUT2D eigenvalue weighted by Crippen LogP contribution is -2.28. The topological polar surface area (TPSA) is 58.9 Å². The highest BCUT2D eigenvalue weighted by atomic mass is 16.7. The molecule has 0 bridgehead atoms. The third-order valence-electron chi connectivity index (χ3n) is 2.38. The number of aliphatic hydroxyl groups excluding tert-OH is 2. The Bertz CT molecular complexity index is 151. The smallest absolute Gasteiger partial charge is 0.184 e. The van der Waals surface area contributed by atoms with Gasteiger partial charge in [-0.05, 0) is 6.42 Å². The largest absolute Gasteiger partial charge is 0.394 e. The van der Waals surface area contributed by atoms with Gasteiger partial charge in [0.2, 0.25) is 0 Å². The number of hydrogen-bond donors (Lipinski definition) is 2. The molecule has 0 aliphatic carbocycles. The summed E-state index contributed by atoms with van der Waals surface area (Å²) in [6, 6.07) is 0. The predicted molar refractivity (Wildman–Crippen MR) is 47.2 cm³/mol. The molecule has 4 atom stereocenters. The number of rotatable bonds is 4. The molecular formula is C9H18O4. The monoisotopic (exact) mass is 190 g/mol. The Morgan fingerprint density at radius 3 is 2.62 bits per heavy atom. The van der Waals surface area contributed by atoms with Gasteiger partial charge < -0.3 is 19.7 Å². The zero-order valence-electron chi connectivity index (χ0n) is 8.14. The van der Waals surface area contributed by atoms with E-state index in [-0.39, 0.29) is 18.6 Å². The molecule has 0 amide bonds. The second-order valence-electron chi connectivity index (χ2n) is 3.45. The van der Waals surface area contributed by atoms with Crippen molar-refractivity contribution in [3.8, 4) is 0 Å². The molecule has 4 unspecified atom stereocenters. The molecule has 1 aliphatic heterocycles. The molecule has 0 spiro atoms. The summed E-state index contributed by atoms with van der Waals surface area (Å²) in [7, 11) is 0. The van der Waals surface area contributed by atoms with Crippen LogP contribution in [0.15, 0.2) is 0 Å². The van der Waals surface area contributed by atoms with Crippen LogP contribution in [0.1, 0.15) is 20.3 Å². The summed E-state index contributed by atoms with van der Waals surface area (Å²) in [5.41, 5.74) is 0. The molecule has 13 heavy (non-hydrogen) atoms. The van der Waals surface area contributed by atoms with Crippen LogP contribution in [0.3, 0.4) is 0 Å². The van der Waals surface area contributed by atoms with Gasteiger partial charge in [-0.25, -0.2) is 0 Å². The van der Waals surface area contributed by atoms with Gasteiger partial charge in [-0.3, -0.25) is 0 Å². The van der Waals surface area contributed by atoms with E-state index in [4.69, 9.17) is 14.6 Å². The second kappa shape index (κ2) is 4.91. The van der Waals surface area contributed by atoms with Crippen LogP contribution < -0.4 is 0 Å². The van der Waals surface area contributed by atoms with Gasteiger partial charge in [0, 0.05) is 12.5 Å². The molecule has 78 valence electrons. The van der Waals surface area contributed by atoms with Crippen LogP contribution in [-0.2, 0) is 9.47 Å². The zero-order valence-corrected chi connectivity index (χ0v) is 8.14. The first-order valence-corrected chi connectivity index (χ1v) is 4.76. The molecule has 4 heteroatoms. The maximum Gasteiger partial charge on any atom is 0.184 e. The van der Waals surface area contributed by atoms with Crippen LogP contribution in [0.2, 0.25) is 0 Å². The van der Waals surface area contributed by atoms with E-state index in [2.05, 4.69) is 0 Å². The third kappa shape index (κ3) is 2.40. The average Bonchev–Trinajstić information content (AvgIpc) is 2.41. The minimum absolute atomic E-state index is 0.0631. The maximum absolute atomic E-state index is 9.62. The van der Waals surface area contributed by atoms with E-state index >= 15 is 0 Å². The van der Waals surface area contributed by atoms with Crippen molar-refractivity contribution in [2.24, 2.45) is 5.92 Å². The van der Waals surface area contributed by atoms with Crippen LogP contribution in [0.25, 0.3) is 0 Å². The van der Waals surface area contributed by atoms with Crippen LogP contribution in [0.5, 0.6) is 0 Å². The third-order valence-corrected chi connectivity index (χ3v) is 2.38. The fraction of sp³-hybridized carbons (Fsp3) is 1.00. The second-order valence-corrected chi connectivity index (χ2v) is 3.45. The first kappa shape index (κ1) is 10.9. The number of aliphatic hydroxyl groups is 2. The van der Waals surface area contributed by atoms with Crippen LogP contribution in [-0.4, -0.2) is 41.9 Å². The van der Waals surface area contributed by atoms with E-state index < -0.39 is 12.4 Å². The Hall–Kier alpha value is -0.160. The Balaban J connectivity index is 2.40. The van der Waals surface area contributed by atoms with Crippen molar-refractivity contribution in [3.63, 3.8) is 0 Å². The van der Waals surface area contributed by atoms with Crippen molar-refractivity contribution in [1.29, 1.82) is 0 Å². The average molecular weight is 190 g/mol. The van der Waals surface area contributed by atoms with Gasteiger partial charge in [0.15, 0.2) is 6.29 Å². The normalized spacial score (nSPS) is 39.7. The fourth-order valence-corrected chi connectivity index (χ4v) is 1.43. The molecule has 0 aromatic heterocycles. The molecule has 1 aliphatic rings. The zero-order chi connectivity index (χ0) is 9.84.